The van der Waals surface area contributed by atoms with E-state index in [-0.39, 0.29) is 12.2 Å². The van der Waals surface area contributed by atoms with Crippen LogP contribution in [0.15, 0.2) is 18.2 Å². The second-order valence-electron chi connectivity index (χ2n) is 3.24. The van der Waals surface area contributed by atoms with E-state index in [2.05, 4.69) is 5.32 Å². The molecule has 1 rings (SSSR count). The monoisotopic (exact) mass is 227 g/mol. The van der Waals surface area contributed by atoms with Crippen molar-refractivity contribution >= 4 is 11.6 Å². The number of amides is 1. The summed E-state index contributed by atoms with van der Waals surface area (Å²) in [4.78, 5) is 10.7. The standard InChI is InChI=1S/C10H14FN3O2/c1-16-6-2-3-7(11)9(4-6)14-5-8(12)10(13)15/h2-4,8,14H,5,12H2,1H3,(H2,13,15). The van der Waals surface area contributed by atoms with Gasteiger partial charge in [0.05, 0.1) is 12.8 Å². The molecule has 0 radical (unpaired) electrons. The summed E-state index contributed by atoms with van der Waals surface area (Å²) in [6.45, 7) is 0.0689. The Morgan fingerprint density at radius 2 is 2.31 bits per heavy atom. The number of ether oxygens (including phenoxy) is 1. The van der Waals surface area contributed by atoms with Crippen LogP contribution in [-0.2, 0) is 4.79 Å². The van der Waals surface area contributed by atoms with Crippen LogP contribution < -0.4 is 21.5 Å². The van der Waals surface area contributed by atoms with Crippen LogP contribution in [0.1, 0.15) is 0 Å². The number of hydrogen-bond acceptors (Lipinski definition) is 4. The Kier molecular flexibility index (Phi) is 4.07. The van der Waals surface area contributed by atoms with Gasteiger partial charge in [-0.3, -0.25) is 4.79 Å². The van der Waals surface area contributed by atoms with Crippen molar-refractivity contribution in [1.29, 1.82) is 0 Å². The predicted octanol–water partition coefficient (Wildman–Crippen LogP) is 0.0588. The number of nitrogens with one attached hydrogen (secondary N) is 1. The summed E-state index contributed by atoms with van der Waals surface area (Å²) in [5.41, 5.74) is 10.6. The molecular weight excluding hydrogens is 213 g/mol. The van der Waals surface area contributed by atoms with E-state index in [0.29, 0.717) is 5.75 Å². The van der Waals surface area contributed by atoms with Gasteiger partial charge in [0, 0.05) is 12.6 Å². The summed E-state index contributed by atoms with van der Waals surface area (Å²) in [6, 6.07) is 3.37. The van der Waals surface area contributed by atoms with Gasteiger partial charge in [-0.15, -0.1) is 0 Å². The van der Waals surface area contributed by atoms with Gasteiger partial charge in [0.25, 0.3) is 0 Å². The minimum Gasteiger partial charge on any atom is -0.497 e. The van der Waals surface area contributed by atoms with Crippen LogP contribution in [0.4, 0.5) is 10.1 Å². The fraction of sp³-hybridized carbons (Fsp3) is 0.300. The highest BCUT2D eigenvalue weighted by Crippen LogP contribution is 2.20. The van der Waals surface area contributed by atoms with E-state index in [1.54, 1.807) is 0 Å². The van der Waals surface area contributed by atoms with Crippen molar-refractivity contribution in [3.63, 3.8) is 0 Å². The van der Waals surface area contributed by atoms with Gasteiger partial charge in [-0.05, 0) is 12.1 Å². The van der Waals surface area contributed by atoms with Gasteiger partial charge in [0.2, 0.25) is 5.91 Å². The number of rotatable bonds is 5. The number of anilines is 1. The fourth-order valence-electron chi connectivity index (χ4n) is 1.09. The van der Waals surface area contributed by atoms with E-state index in [4.69, 9.17) is 16.2 Å². The summed E-state index contributed by atoms with van der Waals surface area (Å²) >= 11 is 0. The molecule has 0 bridgehead atoms. The Hall–Kier alpha value is -1.82. The lowest BCUT2D eigenvalue weighted by atomic mass is 10.2. The first-order valence-electron chi connectivity index (χ1n) is 4.67. The SMILES string of the molecule is COc1ccc(F)c(NCC(N)C(N)=O)c1. The number of nitrogens with two attached hydrogens (primary N) is 2. The van der Waals surface area contributed by atoms with Crippen LogP contribution in [-0.4, -0.2) is 25.6 Å². The number of halogens is 1. The maximum Gasteiger partial charge on any atom is 0.236 e. The average molecular weight is 227 g/mol. The number of carbonyl (C=O) groups excluding carboxylic acids is 1. The molecule has 5 N–H and O–H groups in total. The summed E-state index contributed by atoms with van der Waals surface area (Å²) in [6.07, 6.45) is 0. The molecule has 0 saturated heterocycles. The molecule has 0 spiro atoms. The number of benzene rings is 1. The van der Waals surface area contributed by atoms with E-state index >= 15 is 0 Å². The largest absolute Gasteiger partial charge is 0.497 e. The van der Waals surface area contributed by atoms with E-state index in [1.165, 1.54) is 25.3 Å². The first-order chi connectivity index (χ1) is 7.54. The Labute approximate surface area is 92.6 Å². The number of primary amides is 1. The molecule has 0 aromatic heterocycles. The zero-order valence-electron chi connectivity index (χ0n) is 8.87. The van der Waals surface area contributed by atoms with Crippen molar-refractivity contribution in [3.8, 4) is 5.75 Å². The topological polar surface area (TPSA) is 90.4 Å². The van der Waals surface area contributed by atoms with Crippen molar-refractivity contribution < 1.29 is 13.9 Å². The molecule has 1 aromatic rings. The molecular formula is C10H14FN3O2. The quantitative estimate of drug-likeness (QED) is 0.663. The van der Waals surface area contributed by atoms with Crippen LogP contribution in [0, 0.1) is 5.82 Å². The van der Waals surface area contributed by atoms with Crippen molar-refractivity contribution in [3.05, 3.63) is 24.0 Å². The molecule has 0 fully saturated rings. The van der Waals surface area contributed by atoms with Gasteiger partial charge in [-0.25, -0.2) is 4.39 Å². The van der Waals surface area contributed by atoms with Gasteiger partial charge >= 0.3 is 0 Å². The summed E-state index contributed by atoms with van der Waals surface area (Å²) in [5, 5.41) is 2.69. The molecule has 88 valence electrons. The number of hydrogen-bond donors (Lipinski definition) is 3. The molecule has 0 saturated carbocycles. The molecule has 0 aliphatic heterocycles. The van der Waals surface area contributed by atoms with Gasteiger partial charge in [-0.2, -0.15) is 0 Å². The first-order valence-corrected chi connectivity index (χ1v) is 4.67. The van der Waals surface area contributed by atoms with Crippen molar-refractivity contribution in [2.75, 3.05) is 19.0 Å². The highest BCUT2D eigenvalue weighted by molar-refractivity contribution is 5.80. The Morgan fingerprint density at radius 3 is 2.88 bits per heavy atom. The van der Waals surface area contributed by atoms with Crippen LogP contribution in [0.25, 0.3) is 0 Å². The van der Waals surface area contributed by atoms with E-state index in [0.717, 1.165) is 0 Å². The third-order valence-corrected chi connectivity index (χ3v) is 2.05. The van der Waals surface area contributed by atoms with E-state index in [1.807, 2.05) is 0 Å². The van der Waals surface area contributed by atoms with Crippen LogP contribution >= 0.6 is 0 Å². The van der Waals surface area contributed by atoms with Crippen molar-refractivity contribution in [1.82, 2.24) is 0 Å². The first kappa shape index (κ1) is 12.3. The van der Waals surface area contributed by atoms with Gasteiger partial charge in [0.15, 0.2) is 0 Å². The number of carbonyl (C=O) groups is 1. The second-order valence-corrected chi connectivity index (χ2v) is 3.24. The maximum absolute atomic E-state index is 13.3. The normalized spacial score (nSPS) is 11.9. The third-order valence-electron chi connectivity index (χ3n) is 2.05. The van der Waals surface area contributed by atoms with E-state index in [9.17, 15) is 9.18 Å². The average Bonchev–Trinajstić information content (AvgIpc) is 2.27. The highest BCUT2D eigenvalue weighted by Gasteiger charge is 2.10. The molecule has 6 heteroatoms. The molecule has 1 unspecified atom stereocenters. The zero-order valence-corrected chi connectivity index (χ0v) is 8.87. The lowest BCUT2D eigenvalue weighted by Crippen LogP contribution is -2.41. The molecule has 16 heavy (non-hydrogen) atoms. The highest BCUT2D eigenvalue weighted by atomic mass is 19.1. The Balaban J connectivity index is 2.69. The van der Waals surface area contributed by atoms with E-state index < -0.39 is 17.8 Å². The zero-order chi connectivity index (χ0) is 12.1. The molecule has 0 aliphatic rings. The van der Waals surface area contributed by atoms with Crippen LogP contribution in [0.3, 0.4) is 0 Å². The molecule has 0 heterocycles. The second kappa shape index (κ2) is 5.32. The molecule has 1 aromatic carbocycles. The van der Waals surface area contributed by atoms with Crippen molar-refractivity contribution in [2.45, 2.75) is 6.04 Å². The van der Waals surface area contributed by atoms with Gasteiger partial charge in [0.1, 0.15) is 17.6 Å². The summed E-state index contributed by atoms with van der Waals surface area (Å²) < 4.78 is 18.2. The molecule has 1 amide bonds. The minimum atomic E-state index is -0.856. The lowest BCUT2D eigenvalue weighted by Gasteiger charge is -2.12. The van der Waals surface area contributed by atoms with Gasteiger partial charge < -0.3 is 21.5 Å². The van der Waals surface area contributed by atoms with Crippen molar-refractivity contribution in [2.24, 2.45) is 11.5 Å². The van der Waals surface area contributed by atoms with Crippen LogP contribution in [0.5, 0.6) is 5.75 Å². The smallest absolute Gasteiger partial charge is 0.236 e. The maximum atomic E-state index is 13.3. The summed E-state index contributed by atoms with van der Waals surface area (Å²) in [5.74, 6) is -0.579. The summed E-state index contributed by atoms with van der Waals surface area (Å²) in [7, 11) is 1.48. The molecule has 1 atom stereocenters. The molecule has 5 nitrogen and oxygen atoms in total. The Morgan fingerprint density at radius 1 is 1.62 bits per heavy atom. The van der Waals surface area contributed by atoms with Gasteiger partial charge in [-0.1, -0.05) is 0 Å². The third kappa shape index (κ3) is 3.09. The minimum absolute atomic E-state index is 0.0689. The Bertz CT molecular complexity index is 384. The lowest BCUT2D eigenvalue weighted by molar-refractivity contribution is -0.118. The predicted molar refractivity (Wildman–Crippen MR) is 58.6 cm³/mol. The fourth-order valence-corrected chi connectivity index (χ4v) is 1.09. The number of methoxy groups -OCH3 is 1. The molecule has 0 aliphatic carbocycles. The van der Waals surface area contributed by atoms with Crippen LogP contribution in [0.2, 0.25) is 0 Å².